The zero-order valence-corrected chi connectivity index (χ0v) is 19.3. The van der Waals surface area contributed by atoms with Crippen LogP contribution in [-0.4, -0.2) is 25.3 Å². The largest absolute Gasteiger partial charge is 0.457 e. The highest BCUT2D eigenvalue weighted by atomic mass is 32.2. The first-order valence-electron chi connectivity index (χ1n) is 10.3. The van der Waals surface area contributed by atoms with Gasteiger partial charge in [-0.1, -0.05) is 32.0 Å². The molecule has 3 rings (SSSR count). The number of benzene rings is 2. The van der Waals surface area contributed by atoms with Crippen molar-refractivity contribution < 1.29 is 26.3 Å². The van der Waals surface area contributed by atoms with E-state index in [0.29, 0.717) is 17.1 Å². The third-order valence-corrected chi connectivity index (χ3v) is 6.58. The molecule has 0 spiro atoms. The van der Waals surface area contributed by atoms with E-state index in [-0.39, 0.29) is 18.2 Å². The number of aryl methyl sites for hydroxylation is 1. The number of sulfonamides is 1. The molecular weight excluding hydrogens is 453 g/mol. The van der Waals surface area contributed by atoms with Gasteiger partial charge < -0.3 is 4.74 Å². The van der Waals surface area contributed by atoms with E-state index in [2.05, 4.69) is 4.98 Å². The van der Waals surface area contributed by atoms with Crippen molar-refractivity contribution in [2.45, 2.75) is 39.4 Å². The number of aromatic nitrogens is 1. The lowest BCUT2D eigenvalue weighted by atomic mass is 10.0. The minimum atomic E-state index is -4.87. The number of hydrogen-bond donors (Lipinski definition) is 0. The molecule has 0 amide bonds. The quantitative estimate of drug-likeness (QED) is 0.387. The lowest BCUT2D eigenvalue weighted by Crippen LogP contribution is -2.37. The summed E-state index contributed by atoms with van der Waals surface area (Å²) in [5.41, 5.74) is 2.59. The third-order valence-electron chi connectivity index (χ3n) is 4.87. The van der Waals surface area contributed by atoms with Crippen molar-refractivity contribution in [1.82, 2.24) is 4.98 Å². The fourth-order valence-electron chi connectivity index (χ4n) is 3.31. The minimum Gasteiger partial charge on any atom is -0.457 e. The van der Waals surface area contributed by atoms with Crippen molar-refractivity contribution in [2.75, 3.05) is 10.1 Å². The van der Waals surface area contributed by atoms with Crippen LogP contribution in [0.25, 0.3) is 0 Å². The summed E-state index contributed by atoms with van der Waals surface area (Å²) in [6.45, 7) is 5.76. The number of nitrogens with zero attached hydrogens (tertiary/aromatic N) is 2. The van der Waals surface area contributed by atoms with Crippen LogP contribution < -0.4 is 9.04 Å². The predicted octanol–water partition coefficient (Wildman–Crippen LogP) is 6.20. The van der Waals surface area contributed by atoms with Crippen LogP contribution in [0.1, 0.15) is 36.5 Å². The molecular formula is C24H25F3N2O3S. The average molecular weight is 479 g/mol. The standard InChI is InChI=1S/C24H25F3N2O3S/c1-17(2)22-11-6-18(3)13-23(22)32-21-9-7-20(8-10-21)29(15-19-5-4-12-28-14-19)33(30,31)16-24(25,26)27/h4-14,17H,15-16H2,1-3H3. The van der Waals surface area contributed by atoms with E-state index in [4.69, 9.17) is 4.74 Å². The zero-order valence-electron chi connectivity index (χ0n) is 18.5. The highest BCUT2D eigenvalue weighted by molar-refractivity contribution is 7.92. The van der Waals surface area contributed by atoms with Gasteiger partial charge >= 0.3 is 6.18 Å². The van der Waals surface area contributed by atoms with Gasteiger partial charge in [0, 0.05) is 12.4 Å². The van der Waals surface area contributed by atoms with Crippen LogP contribution in [-0.2, 0) is 16.6 Å². The third kappa shape index (κ3) is 6.71. The Morgan fingerprint density at radius 2 is 1.76 bits per heavy atom. The van der Waals surface area contributed by atoms with E-state index in [1.807, 2.05) is 39.0 Å². The second kappa shape index (κ2) is 9.82. The Labute approximate surface area is 191 Å². The van der Waals surface area contributed by atoms with Gasteiger partial charge in [-0.05, 0) is 65.9 Å². The number of rotatable bonds is 8. The van der Waals surface area contributed by atoms with Crippen LogP contribution in [0.15, 0.2) is 67.0 Å². The Hall–Kier alpha value is -3.07. The van der Waals surface area contributed by atoms with Crippen LogP contribution >= 0.6 is 0 Å². The van der Waals surface area contributed by atoms with Crippen molar-refractivity contribution in [3.63, 3.8) is 0 Å². The van der Waals surface area contributed by atoms with Crippen LogP contribution in [0.4, 0.5) is 18.9 Å². The fraction of sp³-hybridized carbons (Fsp3) is 0.292. The SMILES string of the molecule is Cc1ccc(C(C)C)c(Oc2ccc(N(Cc3cccnc3)S(=O)(=O)CC(F)(F)F)cc2)c1. The summed E-state index contributed by atoms with van der Waals surface area (Å²) in [5, 5.41) is 0. The highest BCUT2D eigenvalue weighted by Gasteiger charge is 2.38. The maximum Gasteiger partial charge on any atom is 0.404 e. The van der Waals surface area contributed by atoms with Gasteiger partial charge in [0.15, 0.2) is 5.75 Å². The molecule has 1 heterocycles. The van der Waals surface area contributed by atoms with E-state index in [9.17, 15) is 21.6 Å². The number of alkyl halides is 3. The number of hydrogen-bond acceptors (Lipinski definition) is 4. The first-order chi connectivity index (χ1) is 15.4. The molecule has 0 saturated heterocycles. The van der Waals surface area contributed by atoms with Crippen molar-refractivity contribution in [3.8, 4) is 11.5 Å². The van der Waals surface area contributed by atoms with Gasteiger partial charge in [0.1, 0.15) is 11.5 Å². The van der Waals surface area contributed by atoms with Crippen molar-refractivity contribution >= 4 is 15.7 Å². The van der Waals surface area contributed by atoms with Gasteiger partial charge in [-0.25, -0.2) is 8.42 Å². The highest BCUT2D eigenvalue weighted by Crippen LogP contribution is 2.33. The van der Waals surface area contributed by atoms with E-state index in [1.54, 1.807) is 24.3 Å². The lowest BCUT2D eigenvalue weighted by Gasteiger charge is -2.25. The number of pyridine rings is 1. The molecule has 9 heteroatoms. The molecule has 5 nitrogen and oxygen atoms in total. The molecule has 0 aliphatic rings. The monoisotopic (exact) mass is 478 g/mol. The molecule has 2 aromatic carbocycles. The fourth-order valence-corrected chi connectivity index (χ4v) is 4.66. The van der Waals surface area contributed by atoms with E-state index < -0.39 is 22.0 Å². The Bertz CT molecular complexity index is 1180. The smallest absolute Gasteiger partial charge is 0.404 e. The maximum atomic E-state index is 13.0. The van der Waals surface area contributed by atoms with Gasteiger partial charge in [0.05, 0.1) is 12.2 Å². The Morgan fingerprint density at radius 1 is 1.06 bits per heavy atom. The summed E-state index contributed by atoms with van der Waals surface area (Å²) >= 11 is 0. The number of ether oxygens (including phenoxy) is 1. The maximum absolute atomic E-state index is 13.0. The molecule has 3 aromatic rings. The first-order valence-corrected chi connectivity index (χ1v) is 11.9. The van der Waals surface area contributed by atoms with Crippen molar-refractivity contribution in [3.05, 3.63) is 83.7 Å². The van der Waals surface area contributed by atoms with Gasteiger partial charge in [-0.2, -0.15) is 13.2 Å². The van der Waals surface area contributed by atoms with E-state index >= 15 is 0 Å². The van der Waals surface area contributed by atoms with Crippen LogP contribution in [0, 0.1) is 6.92 Å². The molecule has 0 radical (unpaired) electrons. The summed E-state index contributed by atoms with van der Waals surface area (Å²) < 4.78 is 70.9. The van der Waals surface area contributed by atoms with Gasteiger partial charge in [0.25, 0.3) is 0 Å². The molecule has 0 fully saturated rings. The Morgan fingerprint density at radius 3 is 2.33 bits per heavy atom. The van der Waals surface area contributed by atoms with Crippen molar-refractivity contribution in [2.24, 2.45) is 0 Å². The molecule has 0 unspecified atom stereocenters. The summed E-state index contributed by atoms with van der Waals surface area (Å²) in [7, 11) is -4.69. The molecule has 33 heavy (non-hydrogen) atoms. The van der Waals surface area contributed by atoms with Crippen molar-refractivity contribution in [1.29, 1.82) is 0 Å². The second-order valence-corrected chi connectivity index (χ2v) is 9.92. The lowest BCUT2D eigenvalue weighted by molar-refractivity contribution is -0.106. The molecule has 0 aliphatic carbocycles. The second-order valence-electron chi connectivity index (χ2n) is 8.03. The Kier molecular flexibility index (Phi) is 7.31. The first kappa shape index (κ1) is 24.6. The van der Waals surface area contributed by atoms with Crippen LogP contribution in [0.3, 0.4) is 0 Å². The van der Waals surface area contributed by atoms with Gasteiger partial charge in [-0.15, -0.1) is 0 Å². The zero-order chi connectivity index (χ0) is 24.2. The molecule has 0 atom stereocenters. The van der Waals surface area contributed by atoms with Gasteiger partial charge in [0.2, 0.25) is 10.0 Å². The molecule has 0 N–H and O–H groups in total. The van der Waals surface area contributed by atoms with Crippen LogP contribution in [0.2, 0.25) is 0 Å². The number of halogens is 3. The topological polar surface area (TPSA) is 59.5 Å². The summed E-state index contributed by atoms with van der Waals surface area (Å²) in [4.78, 5) is 3.91. The molecule has 1 aromatic heterocycles. The summed E-state index contributed by atoms with van der Waals surface area (Å²) in [6.07, 6.45) is -1.95. The summed E-state index contributed by atoms with van der Waals surface area (Å²) in [5.74, 6) is -0.614. The summed E-state index contributed by atoms with van der Waals surface area (Å²) in [6, 6.07) is 15.0. The Balaban J connectivity index is 1.92. The molecule has 176 valence electrons. The number of anilines is 1. The minimum absolute atomic E-state index is 0.101. The van der Waals surface area contributed by atoms with E-state index in [1.165, 1.54) is 24.5 Å². The van der Waals surface area contributed by atoms with E-state index in [0.717, 1.165) is 15.4 Å². The average Bonchev–Trinajstić information content (AvgIpc) is 2.71. The predicted molar refractivity (Wildman–Crippen MR) is 122 cm³/mol. The molecule has 0 aliphatic heterocycles. The van der Waals surface area contributed by atoms with Crippen LogP contribution in [0.5, 0.6) is 11.5 Å². The molecule has 0 saturated carbocycles. The van der Waals surface area contributed by atoms with Gasteiger partial charge in [-0.3, -0.25) is 9.29 Å². The molecule has 0 bridgehead atoms. The normalized spacial score (nSPS) is 12.1.